The molecule has 1 aromatic carbocycles. The van der Waals surface area contributed by atoms with Gasteiger partial charge in [-0.05, 0) is 31.9 Å². The molecule has 1 aromatic rings. The number of nitrogens with zero attached hydrogens (tertiary/aromatic N) is 2. The second kappa shape index (κ2) is 7.14. The summed E-state index contributed by atoms with van der Waals surface area (Å²) in [5, 5.41) is 0. The molecule has 0 N–H and O–H groups in total. The number of benzene rings is 1. The summed E-state index contributed by atoms with van der Waals surface area (Å²) in [6, 6.07) is 10.4. The summed E-state index contributed by atoms with van der Waals surface area (Å²) in [5.74, 6) is 1.03. The number of ether oxygens (including phenoxy) is 1. The zero-order valence-corrected chi connectivity index (χ0v) is 13.4. The van der Waals surface area contributed by atoms with Crippen molar-refractivity contribution >= 4 is 11.6 Å². The van der Waals surface area contributed by atoms with Crippen LogP contribution in [0.25, 0.3) is 0 Å². The predicted octanol–water partition coefficient (Wildman–Crippen LogP) is 2.40. The van der Waals surface area contributed by atoms with E-state index in [4.69, 9.17) is 4.74 Å². The van der Waals surface area contributed by atoms with Gasteiger partial charge < -0.3 is 14.5 Å². The van der Waals surface area contributed by atoms with Gasteiger partial charge in [0.25, 0.3) is 0 Å². The zero-order chi connectivity index (χ0) is 15.4. The van der Waals surface area contributed by atoms with Crippen LogP contribution >= 0.6 is 0 Å². The lowest BCUT2D eigenvalue weighted by molar-refractivity contribution is -0.133. The summed E-state index contributed by atoms with van der Waals surface area (Å²) in [6.45, 7) is 7.19. The first-order valence-electron chi connectivity index (χ1n) is 8.44. The standard InChI is InChI=1S/C18H26N2O2/c1-2-22-14-15-8-10-20(12-15)18(21)16-9-11-19(13-16)17-6-4-3-5-7-17/h3-7,15-16H,2,8-14H2,1H3. The minimum absolute atomic E-state index is 0.158. The Morgan fingerprint density at radius 2 is 2.00 bits per heavy atom. The fourth-order valence-corrected chi connectivity index (χ4v) is 3.55. The van der Waals surface area contributed by atoms with E-state index in [-0.39, 0.29) is 5.92 Å². The first-order chi connectivity index (χ1) is 10.8. The van der Waals surface area contributed by atoms with Crippen LogP contribution in [0, 0.1) is 11.8 Å². The Morgan fingerprint density at radius 3 is 2.77 bits per heavy atom. The van der Waals surface area contributed by atoms with Gasteiger partial charge >= 0.3 is 0 Å². The number of rotatable bonds is 5. The molecule has 0 radical (unpaired) electrons. The molecule has 2 aliphatic heterocycles. The van der Waals surface area contributed by atoms with Crippen LogP contribution in [-0.4, -0.2) is 50.2 Å². The van der Waals surface area contributed by atoms with Crippen molar-refractivity contribution in [1.29, 1.82) is 0 Å². The molecule has 0 spiro atoms. The van der Waals surface area contributed by atoms with E-state index in [1.807, 2.05) is 13.0 Å². The average Bonchev–Trinajstić information content (AvgIpc) is 3.23. The monoisotopic (exact) mass is 302 g/mol. The van der Waals surface area contributed by atoms with Gasteiger partial charge in [-0.3, -0.25) is 4.79 Å². The summed E-state index contributed by atoms with van der Waals surface area (Å²) in [7, 11) is 0. The van der Waals surface area contributed by atoms with Gasteiger partial charge in [-0.2, -0.15) is 0 Å². The number of hydrogen-bond acceptors (Lipinski definition) is 3. The van der Waals surface area contributed by atoms with Gasteiger partial charge in [0.1, 0.15) is 0 Å². The van der Waals surface area contributed by atoms with E-state index in [9.17, 15) is 4.79 Å². The smallest absolute Gasteiger partial charge is 0.227 e. The molecule has 0 aliphatic carbocycles. The molecule has 0 saturated carbocycles. The normalized spacial score (nSPS) is 25.0. The van der Waals surface area contributed by atoms with E-state index in [2.05, 4.69) is 34.1 Å². The molecule has 3 rings (SSSR count). The van der Waals surface area contributed by atoms with Gasteiger partial charge in [-0.1, -0.05) is 18.2 Å². The number of para-hydroxylation sites is 1. The SMILES string of the molecule is CCOCC1CCN(C(=O)C2CCN(c3ccccc3)C2)C1. The van der Waals surface area contributed by atoms with Gasteiger partial charge in [0.05, 0.1) is 12.5 Å². The van der Waals surface area contributed by atoms with Crippen LogP contribution in [0.4, 0.5) is 5.69 Å². The zero-order valence-electron chi connectivity index (χ0n) is 13.4. The summed E-state index contributed by atoms with van der Waals surface area (Å²) < 4.78 is 5.50. The minimum Gasteiger partial charge on any atom is -0.381 e. The van der Waals surface area contributed by atoms with Crippen molar-refractivity contribution in [2.75, 3.05) is 44.3 Å². The Kier molecular flexibility index (Phi) is 4.98. The van der Waals surface area contributed by atoms with Gasteiger partial charge in [0.15, 0.2) is 0 Å². The van der Waals surface area contributed by atoms with Crippen molar-refractivity contribution in [1.82, 2.24) is 4.90 Å². The number of carbonyl (C=O) groups excluding carboxylic acids is 1. The van der Waals surface area contributed by atoms with Crippen LogP contribution in [0.3, 0.4) is 0 Å². The molecular weight excluding hydrogens is 276 g/mol. The summed E-state index contributed by atoms with van der Waals surface area (Å²) >= 11 is 0. The van der Waals surface area contributed by atoms with Crippen molar-refractivity contribution in [3.05, 3.63) is 30.3 Å². The van der Waals surface area contributed by atoms with Crippen LogP contribution < -0.4 is 4.90 Å². The Morgan fingerprint density at radius 1 is 1.18 bits per heavy atom. The lowest BCUT2D eigenvalue weighted by atomic mass is 10.1. The third kappa shape index (κ3) is 3.43. The van der Waals surface area contributed by atoms with E-state index >= 15 is 0 Å². The molecule has 4 nitrogen and oxygen atoms in total. The minimum atomic E-state index is 0.158. The number of carbonyl (C=O) groups is 1. The van der Waals surface area contributed by atoms with Crippen molar-refractivity contribution < 1.29 is 9.53 Å². The first-order valence-corrected chi connectivity index (χ1v) is 8.44. The molecule has 2 saturated heterocycles. The lowest BCUT2D eigenvalue weighted by Gasteiger charge is -2.22. The van der Waals surface area contributed by atoms with Crippen LogP contribution in [0.1, 0.15) is 19.8 Å². The highest BCUT2D eigenvalue weighted by molar-refractivity contribution is 5.80. The van der Waals surface area contributed by atoms with Crippen molar-refractivity contribution in [2.45, 2.75) is 19.8 Å². The van der Waals surface area contributed by atoms with E-state index in [1.54, 1.807) is 0 Å². The lowest BCUT2D eigenvalue weighted by Crippen LogP contribution is -2.36. The molecule has 2 fully saturated rings. The summed E-state index contributed by atoms with van der Waals surface area (Å²) in [6.07, 6.45) is 2.06. The van der Waals surface area contributed by atoms with Gasteiger partial charge in [0.2, 0.25) is 5.91 Å². The topological polar surface area (TPSA) is 32.8 Å². The maximum absolute atomic E-state index is 12.7. The Hall–Kier alpha value is -1.55. The second-order valence-electron chi connectivity index (χ2n) is 6.37. The molecule has 2 unspecified atom stereocenters. The highest BCUT2D eigenvalue weighted by Crippen LogP contribution is 2.27. The van der Waals surface area contributed by atoms with E-state index < -0.39 is 0 Å². The molecule has 4 heteroatoms. The molecule has 1 amide bonds. The molecule has 120 valence electrons. The maximum atomic E-state index is 12.7. The Bertz CT molecular complexity index is 491. The van der Waals surface area contributed by atoms with Gasteiger partial charge in [0, 0.05) is 44.4 Å². The third-order valence-corrected chi connectivity index (χ3v) is 4.81. The predicted molar refractivity (Wildman–Crippen MR) is 87.9 cm³/mol. The highest BCUT2D eigenvalue weighted by Gasteiger charge is 2.34. The average molecular weight is 302 g/mol. The summed E-state index contributed by atoms with van der Waals surface area (Å²) in [5.41, 5.74) is 1.23. The van der Waals surface area contributed by atoms with Crippen molar-refractivity contribution in [3.63, 3.8) is 0 Å². The number of amides is 1. The Labute approximate surface area is 133 Å². The van der Waals surface area contributed by atoms with Gasteiger partial charge in [-0.15, -0.1) is 0 Å². The largest absolute Gasteiger partial charge is 0.381 e. The van der Waals surface area contributed by atoms with Crippen LogP contribution in [0.5, 0.6) is 0 Å². The fraction of sp³-hybridized carbons (Fsp3) is 0.611. The van der Waals surface area contributed by atoms with Crippen LogP contribution in [0.2, 0.25) is 0 Å². The van der Waals surface area contributed by atoms with Crippen LogP contribution in [0.15, 0.2) is 30.3 Å². The number of hydrogen-bond donors (Lipinski definition) is 0. The van der Waals surface area contributed by atoms with Crippen LogP contribution in [-0.2, 0) is 9.53 Å². The molecule has 2 aliphatic rings. The van der Waals surface area contributed by atoms with E-state index in [1.165, 1.54) is 5.69 Å². The molecular formula is C18H26N2O2. The molecule has 0 bridgehead atoms. The molecule has 22 heavy (non-hydrogen) atoms. The number of anilines is 1. The third-order valence-electron chi connectivity index (χ3n) is 4.81. The molecule has 0 aromatic heterocycles. The first kappa shape index (κ1) is 15.3. The van der Waals surface area contributed by atoms with Crippen molar-refractivity contribution in [3.8, 4) is 0 Å². The Balaban J connectivity index is 1.52. The number of likely N-dealkylation sites (tertiary alicyclic amines) is 1. The van der Waals surface area contributed by atoms with E-state index in [0.29, 0.717) is 11.8 Å². The molecule has 2 heterocycles. The van der Waals surface area contributed by atoms with Crippen molar-refractivity contribution in [2.24, 2.45) is 11.8 Å². The van der Waals surface area contributed by atoms with Gasteiger partial charge in [-0.25, -0.2) is 0 Å². The quantitative estimate of drug-likeness (QED) is 0.837. The second-order valence-corrected chi connectivity index (χ2v) is 6.37. The highest BCUT2D eigenvalue weighted by atomic mass is 16.5. The molecule has 2 atom stereocenters. The fourth-order valence-electron chi connectivity index (χ4n) is 3.55. The summed E-state index contributed by atoms with van der Waals surface area (Å²) in [4.78, 5) is 17.1. The van der Waals surface area contributed by atoms with E-state index in [0.717, 1.165) is 52.2 Å². The maximum Gasteiger partial charge on any atom is 0.227 e.